The first-order chi connectivity index (χ1) is 11.8. The van der Waals surface area contributed by atoms with Crippen LogP contribution in [0.25, 0.3) is 0 Å². The van der Waals surface area contributed by atoms with E-state index in [0.29, 0.717) is 19.1 Å². The number of piperidine rings is 2. The monoisotopic (exact) mass is 330 g/mol. The standard InChI is InChI=1S/C19H30N4O/c24-19(21-16-22-11-3-1-4-12-22)9-14-23-13-5-2-8-18(23)17-7-6-10-20-15-17/h6-7,10,15,18H,1-5,8-9,11-14,16H2,(H,21,24). The number of carbonyl (C=O) groups is 1. The molecule has 2 saturated heterocycles. The van der Waals surface area contributed by atoms with Gasteiger partial charge in [0, 0.05) is 31.4 Å². The highest BCUT2D eigenvalue weighted by Crippen LogP contribution is 2.30. The molecule has 1 aromatic rings. The van der Waals surface area contributed by atoms with Gasteiger partial charge in [-0.05, 0) is 56.9 Å². The van der Waals surface area contributed by atoms with Gasteiger partial charge in [0.1, 0.15) is 0 Å². The molecule has 2 fully saturated rings. The number of aromatic nitrogens is 1. The molecule has 132 valence electrons. The Morgan fingerprint density at radius 1 is 1.17 bits per heavy atom. The normalized spacial score (nSPS) is 23.1. The molecule has 2 aliphatic rings. The van der Waals surface area contributed by atoms with Crippen molar-refractivity contribution >= 4 is 5.91 Å². The molecule has 0 saturated carbocycles. The van der Waals surface area contributed by atoms with E-state index in [1.807, 2.05) is 18.5 Å². The number of nitrogens with one attached hydrogen (secondary N) is 1. The first-order valence-corrected chi connectivity index (χ1v) is 9.46. The van der Waals surface area contributed by atoms with E-state index < -0.39 is 0 Å². The Balaban J connectivity index is 1.44. The van der Waals surface area contributed by atoms with Gasteiger partial charge in [0.2, 0.25) is 5.91 Å². The van der Waals surface area contributed by atoms with Gasteiger partial charge < -0.3 is 5.32 Å². The number of carbonyl (C=O) groups excluding carboxylic acids is 1. The largest absolute Gasteiger partial charge is 0.343 e. The molecular formula is C19H30N4O. The van der Waals surface area contributed by atoms with E-state index in [-0.39, 0.29) is 5.91 Å². The molecule has 5 nitrogen and oxygen atoms in total. The van der Waals surface area contributed by atoms with Gasteiger partial charge in [-0.3, -0.25) is 19.6 Å². The second kappa shape index (κ2) is 9.14. The minimum atomic E-state index is 0.177. The number of rotatable bonds is 6. The summed E-state index contributed by atoms with van der Waals surface area (Å²) in [5.41, 5.74) is 1.28. The third-order valence-corrected chi connectivity index (χ3v) is 5.26. The molecule has 3 rings (SSSR count). The smallest absolute Gasteiger partial charge is 0.222 e. The number of amides is 1. The van der Waals surface area contributed by atoms with Crippen LogP contribution in [0.2, 0.25) is 0 Å². The lowest BCUT2D eigenvalue weighted by Crippen LogP contribution is -2.42. The highest BCUT2D eigenvalue weighted by Gasteiger charge is 2.24. The zero-order chi connectivity index (χ0) is 16.6. The van der Waals surface area contributed by atoms with Crippen molar-refractivity contribution in [1.29, 1.82) is 0 Å². The Morgan fingerprint density at radius 3 is 2.79 bits per heavy atom. The second-order valence-electron chi connectivity index (χ2n) is 7.02. The van der Waals surface area contributed by atoms with Gasteiger partial charge in [-0.15, -0.1) is 0 Å². The fourth-order valence-corrected chi connectivity index (χ4v) is 3.86. The SMILES string of the molecule is O=C(CCN1CCCCC1c1cccnc1)NCN1CCCCC1. The summed E-state index contributed by atoms with van der Waals surface area (Å²) < 4.78 is 0. The van der Waals surface area contributed by atoms with E-state index in [1.54, 1.807) is 0 Å². The summed E-state index contributed by atoms with van der Waals surface area (Å²) in [6.45, 7) is 4.88. The molecule has 24 heavy (non-hydrogen) atoms. The predicted molar refractivity (Wildman–Crippen MR) is 95.5 cm³/mol. The molecule has 0 aliphatic carbocycles. The Labute approximate surface area is 145 Å². The van der Waals surface area contributed by atoms with Crippen molar-refractivity contribution in [3.63, 3.8) is 0 Å². The van der Waals surface area contributed by atoms with Crippen LogP contribution in [-0.2, 0) is 4.79 Å². The van der Waals surface area contributed by atoms with Crippen LogP contribution in [0.3, 0.4) is 0 Å². The maximum atomic E-state index is 12.2. The first kappa shape index (κ1) is 17.4. The highest BCUT2D eigenvalue weighted by molar-refractivity contribution is 5.75. The molecule has 0 spiro atoms. The van der Waals surface area contributed by atoms with Crippen molar-refractivity contribution in [1.82, 2.24) is 20.1 Å². The number of hydrogen-bond donors (Lipinski definition) is 1. The van der Waals surface area contributed by atoms with Crippen LogP contribution in [-0.4, -0.2) is 53.5 Å². The molecule has 3 heterocycles. The summed E-state index contributed by atoms with van der Waals surface area (Å²) in [6.07, 6.45) is 11.9. The summed E-state index contributed by atoms with van der Waals surface area (Å²) in [5.74, 6) is 0.177. The van der Waals surface area contributed by atoms with E-state index in [4.69, 9.17) is 0 Å². The fourth-order valence-electron chi connectivity index (χ4n) is 3.86. The van der Waals surface area contributed by atoms with Gasteiger partial charge in [0.25, 0.3) is 0 Å². The minimum Gasteiger partial charge on any atom is -0.343 e. The van der Waals surface area contributed by atoms with Crippen LogP contribution < -0.4 is 5.32 Å². The minimum absolute atomic E-state index is 0.177. The number of pyridine rings is 1. The van der Waals surface area contributed by atoms with E-state index >= 15 is 0 Å². The van der Waals surface area contributed by atoms with E-state index in [1.165, 1.54) is 44.1 Å². The van der Waals surface area contributed by atoms with Crippen molar-refractivity contribution in [3.8, 4) is 0 Å². The molecule has 1 N–H and O–H groups in total. The molecule has 0 radical (unpaired) electrons. The van der Waals surface area contributed by atoms with Crippen LogP contribution in [0, 0.1) is 0 Å². The average molecular weight is 330 g/mol. The third kappa shape index (κ3) is 5.02. The summed E-state index contributed by atoms with van der Waals surface area (Å²) in [6, 6.07) is 4.59. The second-order valence-corrected chi connectivity index (χ2v) is 7.02. The fraction of sp³-hybridized carbons (Fsp3) is 0.684. The summed E-state index contributed by atoms with van der Waals surface area (Å²) in [5, 5.41) is 3.09. The van der Waals surface area contributed by atoms with Gasteiger partial charge in [-0.2, -0.15) is 0 Å². The van der Waals surface area contributed by atoms with Crippen molar-refractivity contribution in [3.05, 3.63) is 30.1 Å². The maximum Gasteiger partial charge on any atom is 0.222 e. The lowest BCUT2D eigenvalue weighted by molar-refractivity contribution is -0.122. The summed E-state index contributed by atoms with van der Waals surface area (Å²) in [4.78, 5) is 21.3. The molecule has 1 amide bonds. The van der Waals surface area contributed by atoms with E-state index in [9.17, 15) is 4.79 Å². The van der Waals surface area contributed by atoms with Gasteiger partial charge in [0.15, 0.2) is 0 Å². The Hall–Kier alpha value is -1.46. The molecule has 2 aliphatic heterocycles. The Kier molecular flexibility index (Phi) is 6.61. The van der Waals surface area contributed by atoms with Crippen LogP contribution >= 0.6 is 0 Å². The highest BCUT2D eigenvalue weighted by atomic mass is 16.1. The third-order valence-electron chi connectivity index (χ3n) is 5.26. The van der Waals surface area contributed by atoms with Gasteiger partial charge in [-0.25, -0.2) is 0 Å². The zero-order valence-corrected chi connectivity index (χ0v) is 14.6. The van der Waals surface area contributed by atoms with Crippen LogP contribution in [0.5, 0.6) is 0 Å². The van der Waals surface area contributed by atoms with E-state index in [2.05, 4.69) is 26.2 Å². The molecule has 0 bridgehead atoms. The lowest BCUT2D eigenvalue weighted by Gasteiger charge is -2.35. The Morgan fingerprint density at radius 2 is 2.00 bits per heavy atom. The van der Waals surface area contributed by atoms with Crippen LogP contribution in [0.15, 0.2) is 24.5 Å². The molecule has 0 aromatic carbocycles. The topological polar surface area (TPSA) is 48.5 Å². The number of likely N-dealkylation sites (tertiary alicyclic amines) is 2. The van der Waals surface area contributed by atoms with E-state index in [0.717, 1.165) is 26.2 Å². The molecule has 1 atom stereocenters. The van der Waals surface area contributed by atoms with Crippen molar-refractivity contribution in [2.45, 2.75) is 51.0 Å². The quantitative estimate of drug-likeness (QED) is 0.871. The Bertz CT molecular complexity index is 501. The maximum absolute atomic E-state index is 12.2. The number of nitrogens with zero attached hydrogens (tertiary/aromatic N) is 3. The predicted octanol–water partition coefficient (Wildman–Crippen LogP) is 2.56. The molecule has 1 aromatic heterocycles. The average Bonchev–Trinajstić information content (AvgIpc) is 2.66. The summed E-state index contributed by atoms with van der Waals surface area (Å²) >= 11 is 0. The molecular weight excluding hydrogens is 300 g/mol. The van der Waals surface area contributed by atoms with Crippen molar-refractivity contribution < 1.29 is 4.79 Å². The summed E-state index contributed by atoms with van der Waals surface area (Å²) in [7, 11) is 0. The van der Waals surface area contributed by atoms with Crippen LogP contribution in [0.4, 0.5) is 0 Å². The van der Waals surface area contributed by atoms with Crippen molar-refractivity contribution in [2.24, 2.45) is 0 Å². The molecule has 1 unspecified atom stereocenters. The van der Waals surface area contributed by atoms with Crippen molar-refractivity contribution in [2.75, 3.05) is 32.8 Å². The van der Waals surface area contributed by atoms with Gasteiger partial charge >= 0.3 is 0 Å². The zero-order valence-electron chi connectivity index (χ0n) is 14.6. The first-order valence-electron chi connectivity index (χ1n) is 9.46. The number of hydrogen-bond acceptors (Lipinski definition) is 4. The lowest BCUT2D eigenvalue weighted by atomic mass is 9.96. The van der Waals surface area contributed by atoms with Crippen LogP contribution in [0.1, 0.15) is 56.6 Å². The van der Waals surface area contributed by atoms with Gasteiger partial charge in [0.05, 0.1) is 6.67 Å². The molecule has 5 heteroatoms. The van der Waals surface area contributed by atoms with Gasteiger partial charge in [-0.1, -0.05) is 18.9 Å².